The van der Waals surface area contributed by atoms with Crippen molar-refractivity contribution < 1.29 is 8.53 Å². The van der Waals surface area contributed by atoms with E-state index in [1.807, 2.05) is 24.3 Å². The van der Waals surface area contributed by atoms with Crippen LogP contribution in [-0.2, 0) is 5.41 Å². The summed E-state index contributed by atoms with van der Waals surface area (Å²) in [5.74, 6) is 0. The van der Waals surface area contributed by atoms with Gasteiger partial charge in [0.15, 0.2) is 0 Å². The number of hydrogen-bond acceptors (Lipinski definition) is 3. The average Bonchev–Trinajstić information content (AvgIpc) is 3.22. The molecule has 3 nitrogen and oxygen atoms in total. The van der Waals surface area contributed by atoms with Gasteiger partial charge in [0.1, 0.15) is 17.5 Å². The quantitative estimate of drug-likeness (QED) is 0.254. The first-order chi connectivity index (χ1) is 16.6. The van der Waals surface area contributed by atoms with Crippen LogP contribution < -0.4 is 0 Å². The van der Waals surface area contributed by atoms with Gasteiger partial charge in [0.25, 0.3) is 0 Å². The van der Waals surface area contributed by atoms with Crippen molar-refractivity contribution in [1.29, 1.82) is 0 Å². The number of aromatic nitrogens is 2. The molecule has 6 aromatic rings. The van der Waals surface area contributed by atoms with Crippen LogP contribution in [0.25, 0.3) is 54.7 Å². The summed E-state index contributed by atoms with van der Waals surface area (Å²) in [4.78, 5) is 8.98. The maximum Gasteiger partial charge on any atom is 0.145 e. The van der Waals surface area contributed by atoms with Gasteiger partial charge in [-0.1, -0.05) is 63.2 Å². The topological polar surface area (TPSA) is 38.9 Å². The van der Waals surface area contributed by atoms with Gasteiger partial charge in [0.2, 0.25) is 0 Å². The SMILES string of the molecule is [2H]C([2H])([2H])c1ccc(-c2cc(C(C)(C)C)ncn2)c2oc3c4ccc5ccccc5c4ccc3c12. The van der Waals surface area contributed by atoms with Crippen LogP contribution in [0.15, 0.2) is 77.5 Å². The monoisotopic (exact) mass is 419 g/mol. The standard InChI is InChI=1S/C29H24N2O/c1-17-9-11-22(24-15-25(29(2,3)4)31-16-30-24)28-26(17)23-14-13-20-19-8-6-5-7-18(19)10-12-21(20)27(23)32-28/h5-16H,1-4H3/i1D3. The first-order valence-corrected chi connectivity index (χ1v) is 10.8. The highest BCUT2D eigenvalue weighted by Gasteiger charge is 2.20. The van der Waals surface area contributed by atoms with Crippen LogP contribution in [0, 0.1) is 6.85 Å². The summed E-state index contributed by atoms with van der Waals surface area (Å²) in [7, 11) is 0. The van der Waals surface area contributed by atoms with E-state index in [2.05, 4.69) is 61.1 Å². The van der Waals surface area contributed by atoms with Gasteiger partial charge < -0.3 is 4.42 Å². The number of rotatable bonds is 1. The van der Waals surface area contributed by atoms with E-state index in [1.54, 1.807) is 18.5 Å². The molecule has 0 aliphatic carbocycles. The minimum absolute atomic E-state index is 0.152. The fourth-order valence-electron chi connectivity index (χ4n) is 4.54. The predicted molar refractivity (Wildman–Crippen MR) is 133 cm³/mol. The Bertz CT molecular complexity index is 1780. The Morgan fingerprint density at radius 1 is 0.781 bits per heavy atom. The second-order valence-corrected chi connectivity index (χ2v) is 9.33. The molecule has 0 amide bonds. The lowest BCUT2D eigenvalue weighted by atomic mass is 9.91. The highest BCUT2D eigenvalue weighted by atomic mass is 16.3. The third kappa shape index (κ3) is 2.74. The molecule has 0 spiro atoms. The summed E-state index contributed by atoms with van der Waals surface area (Å²) in [5.41, 5.74) is 3.72. The van der Waals surface area contributed by atoms with Gasteiger partial charge in [-0.2, -0.15) is 0 Å². The van der Waals surface area contributed by atoms with Gasteiger partial charge in [0, 0.05) is 36.9 Å². The second kappa shape index (κ2) is 6.64. The molecule has 2 heterocycles. The van der Waals surface area contributed by atoms with E-state index in [1.165, 1.54) is 0 Å². The molecular weight excluding hydrogens is 392 g/mol. The third-order valence-electron chi connectivity index (χ3n) is 6.22. The van der Waals surface area contributed by atoms with Crippen LogP contribution in [0.4, 0.5) is 0 Å². The van der Waals surface area contributed by atoms with Gasteiger partial charge in [-0.15, -0.1) is 0 Å². The van der Waals surface area contributed by atoms with Crippen molar-refractivity contribution in [3.63, 3.8) is 0 Å². The second-order valence-electron chi connectivity index (χ2n) is 9.33. The van der Waals surface area contributed by atoms with Crippen molar-refractivity contribution in [2.75, 3.05) is 0 Å². The van der Waals surface area contributed by atoms with Crippen LogP contribution in [0.3, 0.4) is 0 Å². The van der Waals surface area contributed by atoms with Crippen molar-refractivity contribution in [3.8, 4) is 11.3 Å². The highest BCUT2D eigenvalue weighted by Crippen LogP contribution is 2.41. The highest BCUT2D eigenvalue weighted by molar-refractivity contribution is 6.22. The van der Waals surface area contributed by atoms with Gasteiger partial charge in [-0.05, 0) is 52.8 Å². The van der Waals surface area contributed by atoms with Gasteiger partial charge in [-0.3, -0.25) is 0 Å². The zero-order valence-electron chi connectivity index (χ0n) is 21.2. The van der Waals surface area contributed by atoms with E-state index in [0.29, 0.717) is 22.2 Å². The Kier molecular flexibility index (Phi) is 3.32. The van der Waals surface area contributed by atoms with E-state index in [0.717, 1.165) is 38.2 Å². The molecule has 0 radical (unpaired) electrons. The molecule has 0 bridgehead atoms. The van der Waals surface area contributed by atoms with Crippen molar-refractivity contribution in [1.82, 2.24) is 9.97 Å². The molecule has 0 fully saturated rings. The lowest BCUT2D eigenvalue weighted by Gasteiger charge is -2.17. The smallest absolute Gasteiger partial charge is 0.145 e. The fourth-order valence-corrected chi connectivity index (χ4v) is 4.54. The van der Waals surface area contributed by atoms with Crippen LogP contribution in [-0.4, -0.2) is 9.97 Å². The molecule has 2 aromatic heterocycles. The molecule has 0 saturated heterocycles. The number of hydrogen-bond donors (Lipinski definition) is 0. The number of nitrogens with zero attached hydrogens (tertiary/aromatic N) is 2. The molecule has 0 N–H and O–H groups in total. The lowest BCUT2D eigenvalue weighted by molar-refractivity contribution is 0.567. The van der Waals surface area contributed by atoms with E-state index in [-0.39, 0.29) is 11.0 Å². The predicted octanol–water partition coefficient (Wildman–Crippen LogP) is 7.96. The minimum Gasteiger partial charge on any atom is -0.455 e. The van der Waals surface area contributed by atoms with Gasteiger partial charge >= 0.3 is 0 Å². The van der Waals surface area contributed by atoms with E-state index in [9.17, 15) is 0 Å². The Hall–Kier alpha value is -3.72. The number of benzene rings is 4. The van der Waals surface area contributed by atoms with E-state index >= 15 is 0 Å². The van der Waals surface area contributed by atoms with Crippen molar-refractivity contribution >= 4 is 43.5 Å². The molecule has 0 saturated carbocycles. The van der Waals surface area contributed by atoms with Crippen LogP contribution in [0.5, 0.6) is 0 Å². The Morgan fingerprint density at radius 3 is 2.44 bits per heavy atom. The molecule has 0 aliphatic heterocycles. The molecule has 0 atom stereocenters. The van der Waals surface area contributed by atoms with E-state index < -0.39 is 6.85 Å². The van der Waals surface area contributed by atoms with Gasteiger partial charge in [-0.25, -0.2) is 9.97 Å². The van der Waals surface area contributed by atoms with Gasteiger partial charge in [0.05, 0.1) is 5.69 Å². The molecule has 3 heteroatoms. The summed E-state index contributed by atoms with van der Waals surface area (Å²) in [6.45, 7) is 4.02. The molecule has 0 aliphatic rings. The zero-order chi connectivity index (χ0) is 24.5. The summed E-state index contributed by atoms with van der Waals surface area (Å²) in [6, 6.07) is 21.9. The maximum atomic E-state index is 8.20. The van der Waals surface area contributed by atoms with Crippen molar-refractivity contribution in [2.45, 2.75) is 33.0 Å². The molecule has 4 aromatic carbocycles. The summed E-state index contributed by atoms with van der Waals surface area (Å²) >= 11 is 0. The first kappa shape index (κ1) is 16.0. The van der Waals surface area contributed by atoms with Crippen LogP contribution in [0.2, 0.25) is 0 Å². The Labute approximate surface area is 190 Å². The minimum atomic E-state index is -2.28. The normalized spacial score (nSPS) is 14.2. The third-order valence-corrected chi connectivity index (χ3v) is 6.22. The summed E-state index contributed by atoms with van der Waals surface area (Å²) < 4.78 is 31.1. The molecule has 32 heavy (non-hydrogen) atoms. The lowest BCUT2D eigenvalue weighted by Crippen LogP contribution is -2.13. The Balaban J connectivity index is 1.74. The molecule has 6 rings (SSSR count). The zero-order valence-corrected chi connectivity index (χ0v) is 18.2. The van der Waals surface area contributed by atoms with Crippen LogP contribution >= 0.6 is 0 Å². The average molecular weight is 420 g/mol. The number of aryl methyl sites for hydroxylation is 1. The molecular formula is C29H24N2O. The maximum absolute atomic E-state index is 8.20. The Morgan fingerprint density at radius 2 is 1.59 bits per heavy atom. The fraction of sp³-hybridized carbons (Fsp3) is 0.172. The van der Waals surface area contributed by atoms with Crippen molar-refractivity contribution in [3.05, 3.63) is 84.3 Å². The van der Waals surface area contributed by atoms with E-state index in [4.69, 9.17) is 8.53 Å². The molecule has 0 unspecified atom stereocenters. The summed E-state index contributed by atoms with van der Waals surface area (Å²) in [5, 5.41) is 5.72. The van der Waals surface area contributed by atoms with Crippen LogP contribution in [0.1, 0.15) is 36.1 Å². The first-order valence-electron chi connectivity index (χ1n) is 12.3. The van der Waals surface area contributed by atoms with Crippen molar-refractivity contribution in [2.24, 2.45) is 0 Å². The number of fused-ring (bicyclic) bond motifs is 7. The summed E-state index contributed by atoms with van der Waals surface area (Å²) in [6.07, 6.45) is 1.56. The largest absolute Gasteiger partial charge is 0.455 e. The molecule has 156 valence electrons. The number of furan rings is 1.